The van der Waals surface area contributed by atoms with Crippen molar-refractivity contribution >= 4 is 28.6 Å². The van der Waals surface area contributed by atoms with Crippen molar-refractivity contribution in [3.8, 4) is 0 Å². The third kappa shape index (κ3) is 3.97. The number of nitrogens with one attached hydrogen (secondary N) is 1. The van der Waals surface area contributed by atoms with Crippen molar-refractivity contribution in [2.75, 3.05) is 16.8 Å². The summed E-state index contributed by atoms with van der Waals surface area (Å²) in [5.41, 5.74) is 8.08. The van der Waals surface area contributed by atoms with Crippen LogP contribution in [0, 0.1) is 20.8 Å². The van der Waals surface area contributed by atoms with Gasteiger partial charge in [0.25, 0.3) is 0 Å². The number of carbonyl (C=O) groups excluding carboxylic acids is 1. The van der Waals surface area contributed by atoms with Crippen LogP contribution in [0.25, 0.3) is 0 Å². The number of benzene rings is 2. The summed E-state index contributed by atoms with van der Waals surface area (Å²) in [6.45, 7) is 8.23. The van der Waals surface area contributed by atoms with Gasteiger partial charge in [0.1, 0.15) is 0 Å². The van der Waals surface area contributed by atoms with Crippen LogP contribution in [0.3, 0.4) is 0 Å². The maximum atomic E-state index is 12.6. The van der Waals surface area contributed by atoms with Crippen LogP contribution < -0.4 is 10.2 Å². The first kappa shape index (κ1) is 18.8. The highest BCUT2D eigenvalue weighted by Crippen LogP contribution is 2.32. The number of fused-ring (bicyclic) bond motifs is 1. The summed E-state index contributed by atoms with van der Waals surface area (Å²) in [4.78, 5) is 16.5. The van der Waals surface area contributed by atoms with Crippen molar-refractivity contribution < 1.29 is 4.79 Å². The normalized spacial score (nSPS) is 13.3. The fourth-order valence-corrected chi connectivity index (χ4v) is 4.87. The molecule has 4 heteroatoms. The van der Waals surface area contributed by atoms with Gasteiger partial charge in [-0.05, 0) is 73.0 Å². The molecule has 0 saturated heterocycles. The van der Waals surface area contributed by atoms with Crippen LogP contribution in [-0.4, -0.2) is 12.5 Å². The lowest BCUT2D eigenvalue weighted by Gasteiger charge is -2.30. The molecular weight excluding hydrogens is 364 g/mol. The van der Waals surface area contributed by atoms with E-state index in [2.05, 4.69) is 53.7 Å². The van der Waals surface area contributed by atoms with Crippen molar-refractivity contribution in [1.82, 2.24) is 0 Å². The molecule has 0 bridgehead atoms. The van der Waals surface area contributed by atoms with Gasteiger partial charge in [0.2, 0.25) is 5.91 Å². The molecular formula is C24H26N2OS. The van der Waals surface area contributed by atoms with E-state index >= 15 is 0 Å². The average molecular weight is 391 g/mol. The second kappa shape index (κ2) is 7.80. The Morgan fingerprint density at radius 2 is 1.89 bits per heavy atom. The molecule has 2 aromatic carbocycles. The van der Waals surface area contributed by atoms with Crippen molar-refractivity contribution in [3.63, 3.8) is 0 Å². The highest BCUT2D eigenvalue weighted by atomic mass is 32.1. The molecule has 0 spiro atoms. The van der Waals surface area contributed by atoms with Crippen LogP contribution in [-0.2, 0) is 24.2 Å². The predicted molar refractivity (Wildman–Crippen MR) is 119 cm³/mol. The first-order chi connectivity index (χ1) is 13.5. The molecule has 0 saturated carbocycles. The maximum Gasteiger partial charge on any atom is 0.228 e. The fraction of sp³-hybridized carbons (Fsp3) is 0.292. The van der Waals surface area contributed by atoms with Gasteiger partial charge in [0.05, 0.1) is 6.42 Å². The molecule has 28 heavy (non-hydrogen) atoms. The minimum Gasteiger partial charge on any atom is -0.367 e. The molecule has 3 aromatic rings. The molecule has 3 nitrogen and oxygen atoms in total. The molecule has 1 N–H and O–H groups in total. The topological polar surface area (TPSA) is 32.3 Å². The molecule has 1 aliphatic rings. The summed E-state index contributed by atoms with van der Waals surface area (Å²) in [7, 11) is 0. The Morgan fingerprint density at radius 3 is 2.64 bits per heavy atom. The number of aryl methyl sites for hydroxylation is 3. The lowest BCUT2D eigenvalue weighted by atomic mass is 10.0. The molecule has 0 unspecified atom stereocenters. The van der Waals surface area contributed by atoms with E-state index in [1.165, 1.54) is 21.7 Å². The number of carbonyl (C=O) groups is 1. The number of rotatable bonds is 4. The van der Waals surface area contributed by atoms with Gasteiger partial charge >= 0.3 is 0 Å². The summed E-state index contributed by atoms with van der Waals surface area (Å²) < 4.78 is 0. The van der Waals surface area contributed by atoms with E-state index in [1.807, 2.05) is 36.5 Å². The zero-order valence-corrected chi connectivity index (χ0v) is 17.5. The van der Waals surface area contributed by atoms with E-state index in [-0.39, 0.29) is 5.91 Å². The van der Waals surface area contributed by atoms with Crippen LogP contribution in [0.2, 0.25) is 0 Å². The van der Waals surface area contributed by atoms with Crippen LogP contribution >= 0.6 is 11.3 Å². The lowest BCUT2D eigenvalue weighted by Crippen LogP contribution is -2.29. The second-order valence-electron chi connectivity index (χ2n) is 7.71. The first-order valence-corrected chi connectivity index (χ1v) is 10.6. The van der Waals surface area contributed by atoms with Gasteiger partial charge in [-0.25, -0.2) is 0 Å². The highest BCUT2D eigenvalue weighted by Gasteiger charge is 2.19. The molecule has 4 rings (SSSR count). The monoisotopic (exact) mass is 390 g/mol. The molecule has 0 atom stereocenters. The van der Waals surface area contributed by atoms with Crippen molar-refractivity contribution in [1.29, 1.82) is 0 Å². The van der Waals surface area contributed by atoms with Gasteiger partial charge in [-0.3, -0.25) is 4.79 Å². The summed E-state index contributed by atoms with van der Waals surface area (Å²) in [5.74, 6) is 0.0328. The number of thiophene rings is 1. The molecule has 2 heterocycles. The summed E-state index contributed by atoms with van der Waals surface area (Å²) in [6, 6.07) is 14.8. The van der Waals surface area contributed by atoms with E-state index in [9.17, 15) is 4.79 Å². The average Bonchev–Trinajstić information content (AvgIpc) is 3.12. The van der Waals surface area contributed by atoms with E-state index in [1.54, 1.807) is 0 Å². The lowest BCUT2D eigenvalue weighted by molar-refractivity contribution is -0.115. The molecule has 1 aromatic heterocycles. The standard InChI is InChI=1S/C24H26N2OS/c1-16-5-4-6-19(11-16)14-23(27)25-24-17(2)12-21(13-18(24)3)26-9-7-22-20(15-26)8-10-28-22/h4-6,8,10-13H,7,9,14-15H2,1-3H3,(H,25,27). The van der Waals surface area contributed by atoms with Crippen LogP contribution in [0.5, 0.6) is 0 Å². The van der Waals surface area contributed by atoms with Gasteiger partial charge in [-0.1, -0.05) is 29.8 Å². The third-order valence-corrected chi connectivity index (χ3v) is 6.42. The Labute approximate surface area is 171 Å². The summed E-state index contributed by atoms with van der Waals surface area (Å²) in [6.07, 6.45) is 1.51. The van der Waals surface area contributed by atoms with E-state index in [0.29, 0.717) is 6.42 Å². The van der Waals surface area contributed by atoms with Gasteiger partial charge < -0.3 is 10.2 Å². The van der Waals surface area contributed by atoms with Crippen molar-refractivity contribution in [3.05, 3.63) is 80.5 Å². The molecule has 0 aliphatic carbocycles. The Kier molecular flexibility index (Phi) is 5.23. The Bertz CT molecular complexity index is 998. The number of nitrogens with zero attached hydrogens (tertiary/aromatic N) is 1. The molecule has 0 fully saturated rings. The zero-order chi connectivity index (χ0) is 19.7. The summed E-state index contributed by atoms with van der Waals surface area (Å²) in [5, 5.41) is 5.32. The minimum atomic E-state index is 0.0328. The molecule has 0 radical (unpaired) electrons. The van der Waals surface area contributed by atoms with Gasteiger partial charge in [0.15, 0.2) is 0 Å². The van der Waals surface area contributed by atoms with Crippen LogP contribution in [0.1, 0.15) is 32.7 Å². The van der Waals surface area contributed by atoms with Crippen molar-refractivity contribution in [2.45, 2.75) is 40.2 Å². The van der Waals surface area contributed by atoms with Gasteiger partial charge in [-0.15, -0.1) is 11.3 Å². The predicted octanol–water partition coefficient (Wildman–Crippen LogP) is 5.42. The van der Waals surface area contributed by atoms with Gasteiger partial charge in [-0.2, -0.15) is 0 Å². The third-order valence-electron chi connectivity index (χ3n) is 5.40. The molecule has 144 valence electrons. The SMILES string of the molecule is Cc1cccc(CC(=O)Nc2c(C)cc(N3CCc4sccc4C3)cc2C)c1. The van der Waals surface area contributed by atoms with E-state index < -0.39 is 0 Å². The summed E-state index contributed by atoms with van der Waals surface area (Å²) >= 11 is 1.87. The molecule has 1 aliphatic heterocycles. The maximum absolute atomic E-state index is 12.6. The second-order valence-corrected chi connectivity index (χ2v) is 8.71. The quantitative estimate of drug-likeness (QED) is 0.645. The molecule has 1 amide bonds. The number of hydrogen-bond acceptors (Lipinski definition) is 3. The Morgan fingerprint density at radius 1 is 1.11 bits per heavy atom. The fourth-order valence-electron chi connectivity index (χ4n) is 3.98. The van der Waals surface area contributed by atoms with Crippen LogP contribution in [0.15, 0.2) is 47.8 Å². The van der Waals surface area contributed by atoms with Crippen LogP contribution in [0.4, 0.5) is 11.4 Å². The van der Waals surface area contributed by atoms with E-state index in [4.69, 9.17) is 0 Å². The van der Waals surface area contributed by atoms with Gasteiger partial charge in [0, 0.05) is 29.3 Å². The first-order valence-electron chi connectivity index (χ1n) is 9.76. The van der Waals surface area contributed by atoms with Crippen molar-refractivity contribution in [2.24, 2.45) is 0 Å². The number of hydrogen-bond donors (Lipinski definition) is 1. The zero-order valence-electron chi connectivity index (χ0n) is 16.7. The smallest absolute Gasteiger partial charge is 0.228 e. The minimum absolute atomic E-state index is 0.0328. The number of anilines is 2. The largest absolute Gasteiger partial charge is 0.367 e. The Hall–Kier alpha value is -2.59. The Balaban J connectivity index is 1.49. The highest BCUT2D eigenvalue weighted by molar-refractivity contribution is 7.10. The number of amides is 1. The van der Waals surface area contributed by atoms with E-state index in [0.717, 1.165) is 41.9 Å².